The maximum absolute atomic E-state index is 11.2. The van der Waals surface area contributed by atoms with Gasteiger partial charge >= 0.3 is 5.97 Å². The van der Waals surface area contributed by atoms with Crippen LogP contribution in [0.25, 0.3) is 0 Å². The second-order valence-electron chi connectivity index (χ2n) is 4.75. The standard InChI is InChI=1S/C16H18O5S/c1-11(9-19-2)21-14-7-12(16(17)18)6-13(8-14)20-10-15-4-3-5-22-15/h3-8,11H,9-10H2,1-2H3,(H,17,18)/t11-/m0/s1. The molecule has 1 N–H and O–H groups in total. The molecule has 0 aliphatic carbocycles. The fourth-order valence-electron chi connectivity index (χ4n) is 1.90. The van der Waals surface area contributed by atoms with Crippen LogP contribution in [0.4, 0.5) is 0 Å². The Bertz CT molecular complexity index is 609. The topological polar surface area (TPSA) is 65.0 Å². The van der Waals surface area contributed by atoms with E-state index in [4.69, 9.17) is 14.2 Å². The average molecular weight is 322 g/mol. The van der Waals surface area contributed by atoms with E-state index in [1.54, 1.807) is 24.5 Å². The summed E-state index contributed by atoms with van der Waals surface area (Å²) in [5.41, 5.74) is 0.128. The number of hydrogen-bond donors (Lipinski definition) is 1. The number of benzene rings is 1. The number of methoxy groups -OCH3 is 1. The number of hydrogen-bond acceptors (Lipinski definition) is 5. The van der Waals surface area contributed by atoms with E-state index in [0.29, 0.717) is 24.7 Å². The van der Waals surface area contributed by atoms with Crippen LogP contribution in [0, 0.1) is 0 Å². The predicted octanol–water partition coefficient (Wildman–Crippen LogP) is 3.44. The zero-order valence-electron chi connectivity index (χ0n) is 12.4. The second kappa shape index (κ2) is 7.82. The summed E-state index contributed by atoms with van der Waals surface area (Å²) < 4.78 is 16.3. The number of rotatable bonds is 8. The average Bonchev–Trinajstić information content (AvgIpc) is 2.98. The lowest BCUT2D eigenvalue weighted by Crippen LogP contribution is -2.18. The molecule has 0 saturated carbocycles. The number of thiophene rings is 1. The van der Waals surface area contributed by atoms with Crippen LogP contribution >= 0.6 is 11.3 Å². The molecule has 1 heterocycles. The molecule has 0 amide bonds. The van der Waals surface area contributed by atoms with Crippen LogP contribution in [-0.2, 0) is 11.3 Å². The quantitative estimate of drug-likeness (QED) is 0.806. The summed E-state index contributed by atoms with van der Waals surface area (Å²) >= 11 is 1.59. The minimum Gasteiger partial charge on any atom is -0.488 e. The Kier molecular flexibility index (Phi) is 5.80. The lowest BCUT2D eigenvalue weighted by atomic mass is 10.2. The lowest BCUT2D eigenvalue weighted by molar-refractivity contribution is 0.0693. The molecule has 0 bridgehead atoms. The van der Waals surface area contributed by atoms with E-state index in [1.165, 1.54) is 12.1 Å². The van der Waals surface area contributed by atoms with Gasteiger partial charge in [0.15, 0.2) is 0 Å². The van der Waals surface area contributed by atoms with Gasteiger partial charge in [-0.05, 0) is 30.5 Å². The van der Waals surface area contributed by atoms with Gasteiger partial charge in [-0.15, -0.1) is 11.3 Å². The van der Waals surface area contributed by atoms with E-state index in [1.807, 2.05) is 24.4 Å². The summed E-state index contributed by atoms with van der Waals surface area (Å²) in [7, 11) is 1.59. The smallest absolute Gasteiger partial charge is 0.335 e. The van der Waals surface area contributed by atoms with Crippen molar-refractivity contribution in [2.75, 3.05) is 13.7 Å². The maximum Gasteiger partial charge on any atom is 0.335 e. The Morgan fingerprint density at radius 2 is 2.09 bits per heavy atom. The van der Waals surface area contributed by atoms with E-state index < -0.39 is 5.97 Å². The van der Waals surface area contributed by atoms with Gasteiger partial charge in [-0.2, -0.15) is 0 Å². The van der Waals surface area contributed by atoms with E-state index in [-0.39, 0.29) is 11.7 Å². The van der Waals surface area contributed by atoms with E-state index >= 15 is 0 Å². The summed E-state index contributed by atoms with van der Waals surface area (Å²) in [6.45, 7) is 2.67. The Morgan fingerprint density at radius 1 is 1.32 bits per heavy atom. The van der Waals surface area contributed by atoms with Gasteiger partial charge in [-0.1, -0.05) is 6.07 Å². The highest BCUT2D eigenvalue weighted by Gasteiger charge is 2.11. The van der Waals surface area contributed by atoms with Crippen LogP contribution in [0.1, 0.15) is 22.2 Å². The van der Waals surface area contributed by atoms with Crippen molar-refractivity contribution in [3.05, 3.63) is 46.2 Å². The molecular formula is C16H18O5S. The number of aromatic carboxylic acids is 1. The minimum absolute atomic E-state index is 0.128. The molecular weight excluding hydrogens is 304 g/mol. The van der Waals surface area contributed by atoms with Crippen molar-refractivity contribution in [1.82, 2.24) is 0 Å². The fraction of sp³-hybridized carbons (Fsp3) is 0.312. The van der Waals surface area contributed by atoms with E-state index in [0.717, 1.165) is 4.88 Å². The van der Waals surface area contributed by atoms with Crippen LogP contribution in [0.3, 0.4) is 0 Å². The third-order valence-corrected chi connectivity index (χ3v) is 3.68. The molecule has 1 atom stereocenters. The molecule has 5 nitrogen and oxygen atoms in total. The monoisotopic (exact) mass is 322 g/mol. The van der Waals surface area contributed by atoms with Gasteiger partial charge < -0.3 is 19.3 Å². The normalized spacial score (nSPS) is 11.9. The van der Waals surface area contributed by atoms with Crippen molar-refractivity contribution >= 4 is 17.3 Å². The van der Waals surface area contributed by atoms with Crippen molar-refractivity contribution in [2.24, 2.45) is 0 Å². The molecule has 118 valence electrons. The maximum atomic E-state index is 11.2. The van der Waals surface area contributed by atoms with Crippen molar-refractivity contribution in [3.63, 3.8) is 0 Å². The first-order valence-electron chi connectivity index (χ1n) is 6.77. The van der Waals surface area contributed by atoms with Gasteiger partial charge in [-0.3, -0.25) is 0 Å². The Hall–Kier alpha value is -2.05. The van der Waals surface area contributed by atoms with Crippen LogP contribution in [0.5, 0.6) is 11.5 Å². The van der Waals surface area contributed by atoms with Crippen molar-refractivity contribution < 1.29 is 24.1 Å². The molecule has 0 radical (unpaired) electrons. The Balaban J connectivity index is 2.13. The minimum atomic E-state index is -1.02. The fourth-order valence-corrected chi connectivity index (χ4v) is 2.51. The van der Waals surface area contributed by atoms with Gasteiger partial charge in [0.25, 0.3) is 0 Å². The number of carboxylic acids is 1. The van der Waals surface area contributed by atoms with Crippen molar-refractivity contribution in [1.29, 1.82) is 0 Å². The summed E-state index contributed by atoms with van der Waals surface area (Å²) in [6.07, 6.45) is -0.181. The summed E-state index contributed by atoms with van der Waals surface area (Å²) in [4.78, 5) is 12.3. The molecule has 0 aliphatic heterocycles. The summed E-state index contributed by atoms with van der Waals surface area (Å²) in [5, 5.41) is 11.2. The number of carboxylic acid groups (broad SMARTS) is 1. The SMILES string of the molecule is COC[C@H](C)Oc1cc(OCc2cccs2)cc(C(=O)O)c1. The Morgan fingerprint density at radius 3 is 2.73 bits per heavy atom. The largest absolute Gasteiger partial charge is 0.488 e. The first-order valence-corrected chi connectivity index (χ1v) is 7.65. The van der Waals surface area contributed by atoms with Crippen molar-refractivity contribution in [3.8, 4) is 11.5 Å². The van der Waals surface area contributed by atoms with Gasteiger partial charge in [0.2, 0.25) is 0 Å². The van der Waals surface area contributed by atoms with Gasteiger partial charge in [-0.25, -0.2) is 4.79 Å². The van der Waals surface area contributed by atoms with Gasteiger partial charge in [0.05, 0.1) is 12.2 Å². The molecule has 0 spiro atoms. The molecule has 0 saturated heterocycles. The lowest BCUT2D eigenvalue weighted by Gasteiger charge is -2.15. The number of carbonyl (C=O) groups is 1. The van der Waals surface area contributed by atoms with Crippen LogP contribution in [0.2, 0.25) is 0 Å². The van der Waals surface area contributed by atoms with E-state index in [2.05, 4.69) is 0 Å². The van der Waals surface area contributed by atoms with Gasteiger partial charge in [0.1, 0.15) is 24.2 Å². The first kappa shape index (κ1) is 16.3. The first-order chi connectivity index (χ1) is 10.6. The molecule has 6 heteroatoms. The molecule has 22 heavy (non-hydrogen) atoms. The van der Waals surface area contributed by atoms with Crippen LogP contribution in [-0.4, -0.2) is 30.9 Å². The van der Waals surface area contributed by atoms with Crippen molar-refractivity contribution in [2.45, 2.75) is 19.6 Å². The highest BCUT2D eigenvalue weighted by atomic mass is 32.1. The third-order valence-electron chi connectivity index (χ3n) is 2.83. The zero-order chi connectivity index (χ0) is 15.9. The molecule has 0 fully saturated rings. The third kappa shape index (κ3) is 4.75. The zero-order valence-corrected chi connectivity index (χ0v) is 13.3. The highest BCUT2D eigenvalue weighted by Crippen LogP contribution is 2.25. The number of ether oxygens (including phenoxy) is 3. The molecule has 1 aromatic carbocycles. The molecule has 0 aliphatic rings. The second-order valence-corrected chi connectivity index (χ2v) is 5.78. The predicted molar refractivity (Wildman–Crippen MR) is 84.0 cm³/mol. The van der Waals surface area contributed by atoms with Gasteiger partial charge in [0, 0.05) is 18.1 Å². The van der Waals surface area contributed by atoms with E-state index in [9.17, 15) is 9.90 Å². The van der Waals surface area contributed by atoms with Crippen LogP contribution < -0.4 is 9.47 Å². The summed E-state index contributed by atoms with van der Waals surface area (Å²) in [6, 6.07) is 8.56. The molecule has 2 aromatic rings. The highest BCUT2D eigenvalue weighted by molar-refractivity contribution is 7.09. The molecule has 0 unspecified atom stereocenters. The Labute approximate surface area is 133 Å². The molecule has 1 aromatic heterocycles. The molecule has 2 rings (SSSR count). The summed E-state index contributed by atoms with van der Waals surface area (Å²) in [5.74, 6) is -0.107. The van der Waals surface area contributed by atoms with Crippen LogP contribution in [0.15, 0.2) is 35.7 Å².